The van der Waals surface area contributed by atoms with Gasteiger partial charge in [-0.3, -0.25) is 0 Å². The van der Waals surface area contributed by atoms with E-state index in [1.807, 2.05) is 23.5 Å². The van der Waals surface area contributed by atoms with Crippen LogP contribution in [0.3, 0.4) is 0 Å². The van der Waals surface area contributed by atoms with E-state index >= 15 is 0 Å². The van der Waals surface area contributed by atoms with E-state index in [0.29, 0.717) is 0 Å². The van der Waals surface area contributed by atoms with Crippen LogP contribution in [0.5, 0.6) is 0 Å². The first-order valence-corrected chi connectivity index (χ1v) is 19.3. The van der Waals surface area contributed by atoms with Gasteiger partial charge in [-0.05, 0) is 96.1 Å². The topological polar surface area (TPSA) is 21.3 Å². The Morgan fingerprint density at radius 3 is 2.06 bits per heavy atom. The number of halogens is 1. The first-order valence-electron chi connectivity index (χ1n) is 17.7. The third-order valence-electron chi connectivity index (χ3n) is 10.5. The first kappa shape index (κ1) is 30.5. The number of nitrogens with zero attached hydrogens (tertiary/aromatic N) is 2. The van der Waals surface area contributed by atoms with Crippen molar-refractivity contribution >= 4 is 108 Å². The molecule has 3 aromatic heterocycles. The van der Waals surface area contributed by atoms with Gasteiger partial charge < -0.3 is 13.9 Å². The summed E-state index contributed by atoms with van der Waals surface area (Å²) in [5.74, 6) is 0. The van der Waals surface area contributed by atoms with E-state index in [9.17, 15) is 0 Å². The maximum Gasteiger partial charge on any atom is 0.135 e. The minimum Gasteiger partial charge on any atom is -0.456 e. The highest BCUT2D eigenvalue weighted by atomic mass is 79.9. The zero-order chi connectivity index (χ0) is 35.0. The van der Waals surface area contributed by atoms with Crippen molar-refractivity contribution in [2.75, 3.05) is 4.90 Å². The molecule has 0 aliphatic rings. The van der Waals surface area contributed by atoms with E-state index in [4.69, 9.17) is 4.42 Å². The largest absolute Gasteiger partial charge is 0.456 e. The summed E-state index contributed by atoms with van der Waals surface area (Å²) < 4.78 is 12.4. The third-order valence-corrected chi connectivity index (χ3v) is 12.4. The minimum atomic E-state index is 0.897. The molecular formula is C48H29BrN2OS. The lowest BCUT2D eigenvalue weighted by atomic mass is 10.0. The van der Waals surface area contributed by atoms with Gasteiger partial charge in [-0.25, -0.2) is 0 Å². The summed E-state index contributed by atoms with van der Waals surface area (Å²) in [7, 11) is 0. The Hall–Kier alpha value is -6.14. The minimum absolute atomic E-state index is 0.897. The molecule has 0 spiro atoms. The number of anilines is 3. The van der Waals surface area contributed by atoms with Crippen LogP contribution in [0.1, 0.15) is 0 Å². The second-order valence-electron chi connectivity index (χ2n) is 13.4. The summed E-state index contributed by atoms with van der Waals surface area (Å²) in [6.45, 7) is 0. The standard InChI is InChI=1S/C48H29BrN2OS/c49-41-15-7-4-12-35(41)30-18-20-32(21-19-30)50(31-10-2-1-3-11-31)33-22-25-42-40(29-33)47-43(26-24-38-37-14-6-9-17-46(37)53-48(38)47)51(42)34-23-27-45-39(28-34)36-13-5-8-16-44(36)52-45/h1-29H. The molecule has 0 fully saturated rings. The Morgan fingerprint density at radius 2 is 1.19 bits per heavy atom. The number of hydrogen-bond donors (Lipinski definition) is 0. The van der Waals surface area contributed by atoms with Gasteiger partial charge in [0.05, 0.1) is 11.0 Å². The molecule has 11 rings (SSSR count). The van der Waals surface area contributed by atoms with Crippen LogP contribution < -0.4 is 4.90 Å². The van der Waals surface area contributed by atoms with E-state index in [-0.39, 0.29) is 0 Å². The molecule has 8 aromatic carbocycles. The molecule has 0 unspecified atom stereocenters. The van der Waals surface area contributed by atoms with Crippen molar-refractivity contribution in [3.63, 3.8) is 0 Å². The SMILES string of the molecule is Brc1ccccc1-c1ccc(N(c2ccccc2)c2ccc3c(c2)c2c4sc5ccccc5c4ccc2n3-c2ccc3oc4ccccc4c3c2)cc1. The van der Waals surface area contributed by atoms with Crippen LogP contribution in [-0.2, 0) is 0 Å². The summed E-state index contributed by atoms with van der Waals surface area (Å²) in [4.78, 5) is 2.36. The van der Waals surface area contributed by atoms with Gasteiger partial charge >= 0.3 is 0 Å². The number of para-hydroxylation sites is 2. The molecule has 53 heavy (non-hydrogen) atoms. The smallest absolute Gasteiger partial charge is 0.135 e. The lowest BCUT2D eigenvalue weighted by Gasteiger charge is -2.26. The summed E-state index contributed by atoms with van der Waals surface area (Å²) in [5.41, 5.74) is 10.9. The fourth-order valence-corrected chi connectivity index (χ4v) is 9.83. The van der Waals surface area contributed by atoms with Crippen molar-refractivity contribution in [1.82, 2.24) is 4.57 Å². The van der Waals surface area contributed by atoms with Crippen molar-refractivity contribution in [3.8, 4) is 16.8 Å². The lowest BCUT2D eigenvalue weighted by Crippen LogP contribution is -2.09. The Bertz CT molecular complexity index is 3190. The van der Waals surface area contributed by atoms with E-state index < -0.39 is 0 Å². The number of thiophene rings is 1. The molecule has 3 nitrogen and oxygen atoms in total. The number of aromatic nitrogens is 1. The molecule has 0 bridgehead atoms. The molecule has 3 heterocycles. The Kier molecular flexibility index (Phi) is 6.88. The molecule has 0 saturated heterocycles. The lowest BCUT2D eigenvalue weighted by molar-refractivity contribution is 0.669. The molecule has 0 N–H and O–H groups in total. The Balaban J connectivity index is 1.17. The number of benzene rings is 8. The summed E-state index contributed by atoms with van der Waals surface area (Å²) in [6, 6.07) is 63.1. The van der Waals surface area contributed by atoms with Crippen molar-refractivity contribution in [1.29, 1.82) is 0 Å². The fourth-order valence-electron chi connectivity index (χ4n) is 8.05. The van der Waals surface area contributed by atoms with Gasteiger partial charge in [0.1, 0.15) is 11.2 Å². The molecule has 250 valence electrons. The first-order chi connectivity index (χ1) is 26.2. The highest BCUT2D eigenvalue weighted by Gasteiger charge is 2.21. The van der Waals surface area contributed by atoms with Crippen LogP contribution in [0.15, 0.2) is 185 Å². The molecule has 0 aliphatic heterocycles. The van der Waals surface area contributed by atoms with Crippen LogP contribution in [0.25, 0.3) is 80.7 Å². The second-order valence-corrected chi connectivity index (χ2v) is 15.4. The quantitative estimate of drug-likeness (QED) is 0.174. The van der Waals surface area contributed by atoms with Crippen LogP contribution >= 0.6 is 27.3 Å². The summed E-state index contributed by atoms with van der Waals surface area (Å²) >= 11 is 5.63. The van der Waals surface area contributed by atoms with E-state index in [2.05, 4.69) is 189 Å². The van der Waals surface area contributed by atoms with E-state index in [1.54, 1.807) is 0 Å². The predicted octanol–water partition coefficient (Wildman–Crippen LogP) is 15.0. The summed E-state index contributed by atoms with van der Waals surface area (Å²) in [6.07, 6.45) is 0. The molecule has 0 atom stereocenters. The number of rotatable bonds is 5. The third kappa shape index (κ3) is 4.78. The Labute approximate surface area is 317 Å². The van der Waals surface area contributed by atoms with Gasteiger partial charge in [0.15, 0.2) is 0 Å². The highest BCUT2D eigenvalue weighted by Crippen LogP contribution is 2.46. The zero-order valence-electron chi connectivity index (χ0n) is 28.3. The normalized spacial score (nSPS) is 11.9. The van der Waals surface area contributed by atoms with Gasteiger partial charge in [-0.15, -0.1) is 11.3 Å². The summed E-state index contributed by atoms with van der Waals surface area (Å²) in [5, 5.41) is 7.33. The Morgan fingerprint density at radius 1 is 0.491 bits per heavy atom. The van der Waals surface area contributed by atoms with Crippen molar-refractivity contribution < 1.29 is 4.42 Å². The molecule has 0 radical (unpaired) electrons. The second kappa shape index (κ2) is 12.0. The van der Waals surface area contributed by atoms with Crippen LogP contribution in [-0.4, -0.2) is 4.57 Å². The molecule has 0 saturated carbocycles. The zero-order valence-corrected chi connectivity index (χ0v) is 30.7. The van der Waals surface area contributed by atoms with Crippen LogP contribution in [0, 0.1) is 0 Å². The monoisotopic (exact) mass is 760 g/mol. The van der Waals surface area contributed by atoms with E-state index in [0.717, 1.165) is 54.7 Å². The van der Waals surface area contributed by atoms with Crippen molar-refractivity contribution in [2.45, 2.75) is 0 Å². The average Bonchev–Trinajstić information content (AvgIpc) is 3.88. The fraction of sp³-hybridized carbons (Fsp3) is 0. The molecular weight excluding hydrogens is 733 g/mol. The van der Waals surface area contributed by atoms with Gasteiger partial charge in [0.2, 0.25) is 0 Å². The van der Waals surface area contributed by atoms with Crippen LogP contribution in [0.4, 0.5) is 17.1 Å². The maximum atomic E-state index is 6.24. The predicted molar refractivity (Wildman–Crippen MR) is 229 cm³/mol. The van der Waals surface area contributed by atoms with Gasteiger partial charge in [-0.2, -0.15) is 0 Å². The molecule has 0 amide bonds. The maximum absolute atomic E-state index is 6.24. The molecule has 11 aromatic rings. The molecule has 5 heteroatoms. The van der Waals surface area contributed by atoms with Crippen molar-refractivity contribution in [2.24, 2.45) is 0 Å². The number of fused-ring (bicyclic) bond motifs is 10. The van der Waals surface area contributed by atoms with Crippen molar-refractivity contribution in [3.05, 3.63) is 180 Å². The average molecular weight is 762 g/mol. The number of furan rings is 1. The van der Waals surface area contributed by atoms with E-state index in [1.165, 1.54) is 47.6 Å². The van der Waals surface area contributed by atoms with Gasteiger partial charge in [0, 0.05) is 68.9 Å². The van der Waals surface area contributed by atoms with Crippen LogP contribution in [0.2, 0.25) is 0 Å². The highest BCUT2D eigenvalue weighted by molar-refractivity contribution is 9.10. The van der Waals surface area contributed by atoms with Gasteiger partial charge in [0.25, 0.3) is 0 Å². The van der Waals surface area contributed by atoms with Gasteiger partial charge in [-0.1, -0.05) is 107 Å². The molecule has 0 aliphatic carbocycles. The number of hydrogen-bond acceptors (Lipinski definition) is 3.